The van der Waals surface area contributed by atoms with Crippen LogP contribution in [0.1, 0.15) is 10.4 Å². The van der Waals surface area contributed by atoms with Gasteiger partial charge in [0.25, 0.3) is 0 Å². The van der Waals surface area contributed by atoms with E-state index in [1.165, 1.54) is 31.4 Å². The van der Waals surface area contributed by atoms with Crippen molar-refractivity contribution in [2.24, 2.45) is 0 Å². The Morgan fingerprint density at radius 2 is 1.90 bits per heavy atom. The van der Waals surface area contributed by atoms with Crippen LogP contribution < -0.4 is 10.5 Å². The molecular formula is C13H9ClF2N2O3. The van der Waals surface area contributed by atoms with Gasteiger partial charge in [-0.3, -0.25) is 0 Å². The third kappa shape index (κ3) is 3.03. The lowest BCUT2D eigenvalue weighted by atomic mass is 10.2. The van der Waals surface area contributed by atoms with Gasteiger partial charge in [-0.15, -0.1) is 0 Å². The predicted molar refractivity (Wildman–Crippen MR) is 71.4 cm³/mol. The number of carbonyl (C=O) groups excluding carboxylic acids is 1. The van der Waals surface area contributed by atoms with Gasteiger partial charge >= 0.3 is 5.97 Å². The summed E-state index contributed by atoms with van der Waals surface area (Å²) in [5.41, 5.74) is 5.47. The van der Waals surface area contributed by atoms with Gasteiger partial charge in [0.15, 0.2) is 11.6 Å². The first-order valence-corrected chi connectivity index (χ1v) is 5.98. The first-order valence-electron chi connectivity index (χ1n) is 5.60. The Balaban J connectivity index is 2.33. The minimum Gasteiger partial charge on any atom is -0.465 e. The highest BCUT2D eigenvalue weighted by atomic mass is 35.5. The molecule has 0 radical (unpaired) electrons. The molecule has 0 amide bonds. The van der Waals surface area contributed by atoms with E-state index < -0.39 is 34.3 Å². The predicted octanol–water partition coefficient (Wildman–Crippen LogP) is 3.17. The van der Waals surface area contributed by atoms with Crippen LogP contribution >= 0.6 is 11.6 Å². The zero-order valence-corrected chi connectivity index (χ0v) is 11.4. The Kier molecular flexibility index (Phi) is 4.23. The van der Waals surface area contributed by atoms with Crippen LogP contribution in [0.3, 0.4) is 0 Å². The van der Waals surface area contributed by atoms with Crippen LogP contribution in [-0.4, -0.2) is 18.1 Å². The summed E-state index contributed by atoms with van der Waals surface area (Å²) in [5, 5.41) is -0.626. The normalized spacial score (nSPS) is 10.3. The maximum absolute atomic E-state index is 13.8. The Bertz CT molecular complexity index is 667. The molecule has 2 rings (SSSR count). The summed E-state index contributed by atoms with van der Waals surface area (Å²) in [4.78, 5) is 14.3. The first-order chi connectivity index (χ1) is 9.93. The second kappa shape index (κ2) is 5.92. The van der Waals surface area contributed by atoms with Crippen LogP contribution in [-0.2, 0) is 4.74 Å². The molecule has 110 valence electrons. The molecule has 21 heavy (non-hydrogen) atoms. The van der Waals surface area contributed by atoms with Crippen molar-refractivity contribution in [1.29, 1.82) is 0 Å². The van der Waals surface area contributed by atoms with Crippen molar-refractivity contribution in [3.8, 4) is 11.5 Å². The van der Waals surface area contributed by atoms with E-state index in [1.54, 1.807) is 0 Å². The number of pyridine rings is 1. The zero-order chi connectivity index (χ0) is 15.6. The molecule has 1 aromatic heterocycles. The van der Waals surface area contributed by atoms with Crippen molar-refractivity contribution in [1.82, 2.24) is 4.98 Å². The number of hydrogen-bond acceptors (Lipinski definition) is 5. The Morgan fingerprint density at radius 3 is 2.48 bits per heavy atom. The lowest BCUT2D eigenvalue weighted by Gasteiger charge is -2.10. The summed E-state index contributed by atoms with van der Waals surface area (Å²) in [7, 11) is 1.24. The summed E-state index contributed by atoms with van der Waals surface area (Å²) in [5.74, 6) is -3.86. The van der Waals surface area contributed by atoms with E-state index >= 15 is 0 Å². The van der Waals surface area contributed by atoms with Crippen LogP contribution in [0, 0.1) is 11.8 Å². The smallest absolute Gasteiger partial charge is 0.337 e. The number of rotatable bonds is 3. The molecule has 0 aliphatic rings. The molecule has 0 aliphatic heterocycles. The number of aromatic nitrogens is 1. The number of esters is 1. The van der Waals surface area contributed by atoms with Crippen LogP contribution in [0.15, 0.2) is 24.3 Å². The fourth-order valence-corrected chi connectivity index (χ4v) is 1.66. The van der Waals surface area contributed by atoms with E-state index in [1.807, 2.05) is 0 Å². The van der Waals surface area contributed by atoms with Gasteiger partial charge in [0.05, 0.1) is 12.7 Å². The molecule has 2 aromatic rings. The van der Waals surface area contributed by atoms with Crippen molar-refractivity contribution >= 4 is 23.4 Å². The average Bonchev–Trinajstić information content (AvgIpc) is 2.49. The molecule has 0 fully saturated rings. The Labute approximate surface area is 123 Å². The minimum absolute atomic E-state index is 0.133. The van der Waals surface area contributed by atoms with Gasteiger partial charge in [0, 0.05) is 0 Å². The summed E-state index contributed by atoms with van der Waals surface area (Å²) in [6.45, 7) is 0. The standard InChI is InChI=1S/C13H9ClF2N2O3/c1-20-13(19)6-2-4-7(5-3-6)21-10-8(14)11(16)18-12(17)9(10)15/h2-5H,1H3,(H2,17,18). The Morgan fingerprint density at radius 1 is 1.29 bits per heavy atom. The van der Waals surface area contributed by atoms with Crippen LogP contribution in [0.2, 0.25) is 5.02 Å². The van der Waals surface area contributed by atoms with Gasteiger partial charge in [-0.2, -0.15) is 13.8 Å². The molecule has 0 aliphatic carbocycles. The summed E-state index contributed by atoms with van der Waals surface area (Å²) >= 11 is 5.59. The van der Waals surface area contributed by atoms with Crippen molar-refractivity contribution < 1.29 is 23.0 Å². The third-order valence-corrected chi connectivity index (χ3v) is 2.85. The van der Waals surface area contributed by atoms with Gasteiger partial charge in [0.1, 0.15) is 10.8 Å². The number of ether oxygens (including phenoxy) is 2. The van der Waals surface area contributed by atoms with Gasteiger partial charge in [-0.05, 0) is 24.3 Å². The molecule has 0 saturated carbocycles. The molecule has 1 heterocycles. The zero-order valence-electron chi connectivity index (χ0n) is 10.7. The molecule has 0 spiro atoms. The largest absolute Gasteiger partial charge is 0.465 e. The summed E-state index contributed by atoms with van der Waals surface area (Å²) in [6, 6.07) is 5.54. The van der Waals surface area contributed by atoms with Gasteiger partial charge in [-0.25, -0.2) is 4.79 Å². The van der Waals surface area contributed by atoms with Crippen molar-refractivity contribution in [2.45, 2.75) is 0 Å². The first kappa shape index (κ1) is 15.0. The van der Waals surface area contributed by atoms with Crippen molar-refractivity contribution in [3.63, 3.8) is 0 Å². The summed E-state index contributed by atoms with van der Waals surface area (Å²) < 4.78 is 36.7. The van der Waals surface area contributed by atoms with Gasteiger partial charge in [0.2, 0.25) is 11.8 Å². The second-order valence-corrected chi connectivity index (χ2v) is 4.24. The quantitative estimate of drug-likeness (QED) is 0.695. The molecular weight excluding hydrogens is 306 g/mol. The Hall–Kier alpha value is -2.41. The maximum Gasteiger partial charge on any atom is 0.337 e. The monoisotopic (exact) mass is 314 g/mol. The van der Waals surface area contributed by atoms with Crippen LogP contribution in [0.5, 0.6) is 11.5 Å². The number of methoxy groups -OCH3 is 1. The van der Waals surface area contributed by atoms with E-state index in [-0.39, 0.29) is 11.3 Å². The van der Waals surface area contributed by atoms with Crippen molar-refractivity contribution in [3.05, 3.63) is 46.6 Å². The highest BCUT2D eigenvalue weighted by Gasteiger charge is 2.19. The molecule has 0 saturated heterocycles. The van der Waals surface area contributed by atoms with Crippen LogP contribution in [0.25, 0.3) is 0 Å². The average molecular weight is 315 g/mol. The maximum atomic E-state index is 13.8. The van der Waals surface area contributed by atoms with Gasteiger partial charge < -0.3 is 15.2 Å². The lowest BCUT2D eigenvalue weighted by molar-refractivity contribution is 0.0600. The number of carbonyl (C=O) groups is 1. The lowest BCUT2D eigenvalue weighted by Crippen LogP contribution is -2.03. The SMILES string of the molecule is COC(=O)c1ccc(Oc2c(F)c(N)nc(F)c2Cl)cc1. The molecule has 0 unspecified atom stereocenters. The highest BCUT2D eigenvalue weighted by Crippen LogP contribution is 2.35. The number of nitrogen functional groups attached to an aromatic ring is 1. The van der Waals surface area contributed by atoms with E-state index in [4.69, 9.17) is 22.1 Å². The number of halogens is 3. The van der Waals surface area contributed by atoms with E-state index in [0.29, 0.717) is 0 Å². The second-order valence-electron chi connectivity index (χ2n) is 3.86. The highest BCUT2D eigenvalue weighted by molar-refractivity contribution is 6.32. The number of nitrogens with zero attached hydrogens (tertiary/aromatic N) is 1. The fourth-order valence-electron chi connectivity index (χ4n) is 1.49. The number of nitrogens with two attached hydrogens (primary N) is 1. The molecule has 0 bridgehead atoms. The molecule has 2 N–H and O–H groups in total. The minimum atomic E-state index is -1.14. The number of anilines is 1. The van der Waals surface area contributed by atoms with E-state index in [9.17, 15) is 13.6 Å². The van der Waals surface area contributed by atoms with E-state index in [0.717, 1.165) is 0 Å². The molecule has 8 heteroatoms. The molecule has 1 aromatic carbocycles. The summed E-state index contributed by atoms with van der Waals surface area (Å²) in [6.07, 6.45) is 0. The molecule has 0 atom stereocenters. The third-order valence-electron chi connectivity index (χ3n) is 2.52. The molecule has 5 nitrogen and oxygen atoms in total. The number of benzene rings is 1. The van der Waals surface area contributed by atoms with Crippen molar-refractivity contribution in [2.75, 3.05) is 12.8 Å². The van der Waals surface area contributed by atoms with E-state index in [2.05, 4.69) is 9.72 Å². The number of hydrogen-bond donors (Lipinski definition) is 1. The van der Waals surface area contributed by atoms with Crippen LogP contribution in [0.4, 0.5) is 14.6 Å². The van der Waals surface area contributed by atoms with Gasteiger partial charge in [-0.1, -0.05) is 11.6 Å². The topological polar surface area (TPSA) is 74.4 Å². The fraction of sp³-hybridized carbons (Fsp3) is 0.0769.